The van der Waals surface area contributed by atoms with Crippen molar-refractivity contribution in [2.24, 2.45) is 58.2 Å². The normalized spacial score (nSPS) is 50.8. The second-order valence-corrected chi connectivity index (χ2v) is 17.6. The summed E-state index contributed by atoms with van der Waals surface area (Å²) in [4.78, 5) is 0. The van der Waals surface area contributed by atoms with Gasteiger partial charge in [-0.2, -0.15) is 21.6 Å². The summed E-state index contributed by atoms with van der Waals surface area (Å²) >= 11 is 0. The van der Waals surface area contributed by atoms with E-state index < -0.39 is 85.9 Å². The number of fused-ring (bicyclic) bond motifs is 7. The van der Waals surface area contributed by atoms with Crippen LogP contribution in [0.1, 0.15) is 73.6 Å². The molecule has 1 aliphatic heterocycles. The summed E-state index contributed by atoms with van der Waals surface area (Å²) in [5.74, 6) is -1.46. The molecule has 0 amide bonds. The van der Waals surface area contributed by atoms with E-state index in [0.717, 1.165) is 6.42 Å². The van der Waals surface area contributed by atoms with E-state index in [2.05, 4.69) is 39.3 Å². The fraction of sp³-hybridized carbons (Fsp3) is 1.00. The molecule has 5 aliphatic rings. The van der Waals surface area contributed by atoms with Crippen LogP contribution in [0.3, 0.4) is 0 Å². The molecule has 43 heavy (non-hydrogen) atoms. The fourth-order valence-corrected chi connectivity index (χ4v) is 11.8. The van der Waals surface area contributed by atoms with E-state index in [9.17, 15) is 36.7 Å². The van der Waals surface area contributed by atoms with Crippen LogP contribution in [0.15, 0.2) is 0 Å². The lowest BCUT2D eigenvalue weighted by Crippen LogP contribution is -2.68. The molecule has 4 saturated carbocycles. The molecule has 12 nitrogen and oxygen atoms in total. The van der Waals surface area contributed by atoms with Crippen LogP contribution in [0.25, 0.3) is 0 Å². The standard InChI is InChI=1S/C29H51NO11S2/c1-13(2)15(4)18-12-14(3)20-26(39-18)27(41-42(34,35)30-7)21-19-16(8-10-29(20,21)6)28(5)11-9-17(40-43(36,37)38)23(31)22(28)25(33)24(19)32/h13-27,30-33H,8-12H2,1-7H3,(H,36,37,38)/t14-,15+,16?,17-,18-,19?,20?,21?,22?,23+,24-,25+,26+,27+,28-,29-/m1/s1. The number of nitrogens with one attached hydrogen (secondary N) is 1. The number of aliphatic hydroxyl groups excluding tert-OH is 3. The minimum absolute atomic E-state index is 0.0366. The van der Waals surface area contributed by atoms with E-state index in [1.807, 2.05) is 6.92 Å². The van der Waals surface area contributed by atoms with Crippen LogP contribution in [-0.4, -0.2) is 86.5 Å². The summed E-state index contributed by atoms with van der Waals surface area (Å²) in [7, 11) is -7.71. The van der Waals surface area contributed by atoms with Gasteiger partial charge in [0.05, 0.1) is 30.5 Å². The van der Waals surface area contributed by atoms with Gasteiger partial charge in [-0.15, -0.1) is 0 Å². The van der Waals surface area contributed by atoms with Crippen LogP contribution in [0.4, 0.5) is 0 Å². The fourth-order valence-electron chi connectivity index (χ4n) is 10.6. The third-order valence-corrected chi connectivity index (χ3v) is 14.3. The SMILES string of the molecule is CNS(=O)(=O)O[C@H]1C2C3C(CC[C@]2(C)C2[C@H](C)C[C@H]([C@@H](C)C(C)C)O[C@@H]21)[C@@]1(C)CC[C@@H](OS(=O)(=O)O)[C@H](O)C1[C@H](O)[C@@H]3O. The number of aliphatic hydroxyl groups is 3. The molecule has 0 aromatic rings. The lowest BCUT2D eigenvalue weighted by atomic mass is 9.42. The molecule has 250 valence electrons. The molecular formula is C29H51NO11S2. The number of hydrogen-bond acceptors (Lipinski definition) is 10. The van der Waals surface area contributed by atoms with Crippen molar-refractivity contribution in [2.75, 3.05) is 7.05 Å². The predicted octanol–water partition coefficient (Wildman–Crippen LogP) is 1.90. The Hall–Kier alpha value is -0.420. The smallest absolute Gasteiger partial charge is 0.390 e. The van der Waals surface area contributed by atoms with Crippen LogP contribution < -0.4 is 4.72 Å². The molecule has 0 aromatic heterocycles. The summed E-state index contributed by atoms with van der Waals surface area (Å²) in [5, 5.41) is 34.8. The summed E-state index contributed by atoms with van der Waals surface area (Å²) in [5.41, 5.74) is -1.19. The third kappa shape index (κ3) is 5.53. The topological polar surface area (TPSA) is 189 Å². The highest BCUT2D eigenvalue weighted by Crippen LogP contribution is 2.70. The van der Waals surface area contributed by atoms with Crippen LogP contribution >= 0.6 is 0 Å². The molecule has 5 rings (SSSR count). The highest BCUT2D eigenvalue weighted by Gasteiger charge is 2.72. The van der Waals surface area contributed by atoms with Crippen LogP contribution in [0.5, 0.6) is 0 Å². The van der Waals surface area contributed by atoms with Gasteiger partial charge in [-0.25, -0.2) is 4.18 Å². The zero-order chi connectivity index (χ0) is 32.0. The van der Waals surface area contributed by atoms with E-state index in [1.54, 1.807) is 0 Å². The highest BCUT2D eigenvalue weighted by atomic mass is 32.3. The first kappa shape index (κ1) is 33.9. The lowest BCUT2D eigenvalue weighted by molar-refractivity contribution is -0.253. The van der Waals surface area contributed by atoms with E-state index in [4.69, 9.17) is 13.1 Å². The van der Waals surface area contributed by atoms with Gasteiger partial charge in [-0.05, 0) is 78.4 Å². The zero-order valence-corrected chi connectivity index (χ0v) is 27.8. The van der Waals surface area contributed by atoms with Crippen LogP contribution in [0.2, 0.25) is 0 Å². The van der Waals surface area contributed by atoms with Crippen molar-refractivity contribution in [3.8, 4) is 0 Å². The van der Waals surface area contributed by atoms with Crippen molar-refractivity contribution in [1.29, 1.82) is 0 Å². The van der Waals surface area contributed by atoms with Gasteiger partial charge in [-0.1, -0.05) is 41.5 Å². The average molecular weight is 654 g/mol. The first-order valence-corrected chi connectivity index (χ1v) is 18.5. The third-order valence-electron chi connectivity index (χ3n) is 12.8. The van der Waals surface area contributed by atoms with Gasteiger partial charge in [0.15, 0.2) is 0 Å². The molecule has 16 atom stereocenters. The van der Waals surface area contributed by atoms with Gasteiger partial charge in [-0.3, -0.25) is 8.74 Å². The Morgan fingerprint density at radius 1 is 0.884 bits per heavy atom. The predicted molar refractivity (Wildman–Crippen MR) is 156 cm³/mol. The second-order valence-electron chi connectivity index (χ2n) is 15.1. The lowest BCUT2D eigenvalue weighted by Gasteiger charge is -2.64. The van der Waals surface area contributed by atoms with Gasteiger partial charge in [0.1, 0.15) is 12.2 Å². The minimum atomic E-state index is -4.85. The molecule has 0 radical (unpaired) electrons. The molecule has 1 heterocycles. The molecule has 0 aromatic carbocycles. The molecule has 0 bridgehead atoms. The van der Waals surface area contributed by atoms with Crippen LogP contribution in [-0.2, 0) is 33.8 Å². The Balaban J connectivity index is 1.57. The Labute approximate surface area is 256 Å². The molecule has 1 saturated heterocycles. The largest absolute Gasteiger partial charge is 0.397 e. The van der Waals surface area contributed by atoms with Crippen molar-refractivity contribution in [3.05, 3.63) is 0 Å². The molecule has 14 heteroatoms. The first-order valence-electron chi connectivity index (χ1n) is 15.7. The highest BCUT2D eigenvalue weighted by molar-refractivity contribution is 7.84. The summed E-state index contributed by atoms with van der Waals surface area (Å²) in [6.45, 7) is 12.7. The van der Waals surface area contributed by atoms with Crippen molar-refractivity contribution in [2.45, 2.75) is 116 Å². The van der Waals surface area contributed by atoms with Gasteiger partial charge in [0, 0.05) is 18.9 Å². The van der Waals surface area contributed by atoms with Crippen molar-refractivity contribution in [1.82, 2.24) is 4.72 Å². The quantitative estimate of drug-likeness (QED) is 0.253. The van der Waals surface area contributed by atoms with Gasteiger partial charge in [0.2, 0.25) is 0 Å². The van der Waals surface area contributed by atoms with E-state index in [1.165, 1.54) is 7.05 Å². The Morgan fingerprint density at radius 3 is 2.09 bits per heavy atom. The summed E-state index contributed by atoms with van der Waals surface area (Å²) in [6.07, 6.45) is -4.35. The van der Waals surface area contributed by atoms with Gasteiger partial charge < -0.3 is 20.1 Å². The van der Waals surface area contributed by atoms with Crippen molar-refractivity contribution in [3.63, 3.8) is 0 Å². The minimum Gasteiger partial charge on any atom is -0.390 e. The Bertz CT molecular complexity index is 1260. The van der Waals surface area contributed by atoms with E-state index in [0.29, 0.717) is 25.2 Å². The average Bonchev–Trinajstić information content (AvgIpc) is 3.15. The van der Waals surface area contributed by atoms with Gasteiger partial charge >= 0.3 is 20.7 Å². The molecule has 4 aliphatic carbocycles. The van der Waals surface area contributed by atoms with Crippen molar-refractivity contribution >= 4 is 20.7 Å². The Kier molecular flexibility index (Phi) is 8.98. The number of ether oxygens (including phenoxy) is 1. The van der Waals surface area contributed by atoms with Gasteiger partial charge in [0.25, 0.3) is 0 Å². The molecule has 0 spiro atoms. The number of rotatable bonds is 7. The molecule has 5 N–H and O–H groups in total. The number of hydrogen-bond donors (Lipinski definition) is 5. The maximum atomic E-state index is 13.0. The summed E-state index contributed by atoms with van der Waals surface area (Å²) < 4.78 is 78.0. The second kappa shape index (κ2) is 11.4. The molecule has 5 unspecified atom stereocenters. The Morgan fingerprint density at radius 2 is 1.51 bits per heavy atom. The maximum Gasteiger partial charge on any atom is 0.397 e. The summed E-state index contributed by atoms with van der Waals surface area (Å²) in [6, 6.07) is 0. The van der Waals surface area contributed by atoms with Crippen LogP contribution in [0, 0.1) is 58.2 Å². The first-order chi connectivity index (χ1) is 19.8. The zero-order valence-electron chi connectivity index (χ0n) is 26.2. The van der Waals surface area contributed by atoms with E-state index in [-0.39, 0.29) is 36.2 Å². The molecular weight excluding hydrogens is 602 g/mol. The van der Waals surface area contributed by atoms with Crippen molar-refractivity contribution < 1.29 is 49.8 Å². The maximum absolute atomic E-state index is 13.0. The monoisotopic (exact) mass is 653 g/mol. The molecule has 5 fully saturated rings. The van der Waals surface area contributed by atoms with E-state index >= 15 is 0 Å².